The Morgan fingerprint density at radius 3 is 2.68 bits per heavy atom. The lowest BCUT2D eigenvalue weighted by Crippen LogP contribution is -1.94. The van der Waals surface area contributed by atoms with Crippen molar-refractivity contribution in [1.29, 1.82) is 0 Å². The molecule has 1 heterocycles. The fraction of sp³-hybridized carbons (Fsp3) is 0.133. The van der Waals surface area contributed by atoms with Gasteiger partial charge in [-0.2, -0.15) is 0 Å². The number of fused-ring (bicyclic) bond motifs is 1. The Morgan fingerprint density at radius 2 is 1.95 bits per heavy atom. The largest absolute Gasteiger partial charge is 0.493 e. The number of hydrogen-bond donors (Lipinski definition) is 0. The average molecular weight is 290 g/mol. The van der Waals surface area contributed by atoms with Crippen molar-refractivity contribution in [1.82, 2.24) is 4.98 Å². The molecule has 0 unspecified atom stereocenters. The molecule has 4 heteroatoms. The van der Waals surface area contributed by atoms with Crippen molar-refractivity contribution in [3.63, 3.8) is 0 Å². The summed E-state index contributed by atoms with van der Waals surface area (Å²) >= 11 is 7.59. The van der Waals surface area contributed by atoms with Gasteiger partial charge in [0.05, 0.1) is 22.3 Å². The summed E-state index contributed by atoms with van der Waals surface area (Å²) in [5, 5.41) is 0.734. The van der Waals surface area contributed by atoms with Crippen LogP contribution in [-0.2, 0) is 0 Å². The van der Waals surface area contributed by atoms with Crippen LogP contribution in [0, 0.1) is 0 Å². The maximum Gasteiger partial charge on any atom is 0.128 e. The highest BCUT2D eigenvalue weighted by Gasteiger charge is 2.12. The zero-order chi connectivity index (χ0) is 13.2. The molecule has 0 spiro atoms. The van der Waals surface area contributed by atoms with Crippen LogP contribution in [0.5, 0.6) is 5.75 Å². The summed E-state index contributed by atoms with van der Waals surface area (Å²) in [4.78, 5) is 4.36. The second-order valence-electron chi connectivity index (χ2n) is 4.08. The predicted molar refractivity (Wildman–Crippen MR) is 81.2 cm³/mol. The van der Waals surface area contributed by atoms with Crippen molar-refractivity contribution < 1.29 is 4.74 Å². The number of benzene rings is 2. The first kappa shape index (κ1) is 12.5. The predicted octanol–water partition coefficient (Wildman–Crippen LogP) is 5.02. The van der Waals surface area contributed by atoms with E-state index < -0.39 is 0 Å². The number of nitrogens with zero attached hydrogens (tertiary/aromatic N) is 1. The minimum atomic E-state index is 0.644. The third kappa shape index (κ3) is 2.31. The summed E-state index contributed by atoms with van der Waals surface area (Å²) in [5.74, 6) is 0.890. The molecule has 0 saturated carbocycles. The van der Waals surface area contributed by atoms with Crippen LogP contribution in [0.25, 0.3) is 21.3 Å². The monoisotopic (exact) mass is 289 g/mol. The van der Waals surface area contributed by atoms with Crippen molar-refractivity contribution in [2.75, 3.05) is 6.61 Å². The van der Waals surface area contributed by atoms with Gasteiger partial charge < -0.3 is 4.74 Å². The summed E-state index contributed by atoms with van der Waals surface area (Å²) in [6.07, 6.45) is 0. The molecule has 3 aromatic rings. The van der Waals surface area contributed by atoms with Crippen LogP contribution in [0.3, 0.4) is 0 Å². The molecule has 0 bridgehead atoms. The van der Waals surface area contributed by atoms with E-state index in [4.69, 9.17) is 16.3 Å². The van der Waals surface area contributed by atoms with Gasteiger partial charge in [0.2, 0.25) is 0 Å². The summed E-state index contributed by atoms with van der Waals surface area (Å²) < 4.78 is 6.89. The van der Waals surface area contributed by atoms with Gasteiger partial charge in [0, 0.05) is 10.6 Å². The van der Waals surface area contributed by atoms with E-state index in [1.165, 1.54) is 0 Å². The Kier molecular flexibility index (Phi) is 3.40. The van der Waals surface area contributed by atoms with E-state index in [0.717, 1.165) is 32.1 Å². The van der Waals surface area contributed by atoms with Crippen LogP contribution < -0.4 is 4.74 Å². The van der Waals surface area contributed by atoms with Gasteiger partial charge in [-0.05, 0) is 36.8 Å². The molecule has 0 N–H and O–H groups in total. The Bertz CT molecular complexity index is 706. The van der Waals surface area contributed by atoms with Gasteiger partial charge >= 0.3 is 0 Å². The molecule has 0 aliphatic rings. The normalized spacial score (nSPS) is 10.8. The van der Waals surface area contributed by atoms with Crippen molar-refractivity contribution in [3.8, 4) is 16.9 Å². The molecule has 19 heavy (non-hydrogen) atoms. The number of thiazole rings is 1. The van der Waals surface area contributed by atoms with E-state index in [-0.39, 0.29) is 0 Å². The lowest BCUT2D eigenvalue weighted by molar-refractivity contribution is 0.342. The molecule has 2 nitrogen and oxygen atoms in total. The van der Waals surface area contributed by atoms with Gasteiger partial charge in [-0.15, -0.1) is 11.3 Å². The van der Waals surface area contributed by atoms with Crippen molar-refractivity contribution in [2.24, 2.45) is 0 Å². The Balaban J connectivity index is 2.26. The first-order valence-electron chi connectivity index (χ1n) is 6.04. The maximum absolute atomic E-state index is 5.96. The topological polar surface area (TPSA) is 22.1 Å². The lowest BCUT2D eigenvalue weighted by atomic mass is 10.0. The summed E-state index contributed by atoms with van der Waals surface area (Å²) in [6, 6.07) is 11.8. The van der Waals surface area contributed by atoms with E-state index in [2.05, 4.69) is 4.98 Å². The number of halogens is 1. The van der Waals surface area contributed by atoms with Crippen LogP contribution in [-0.4, -0.2) is 11.6 Å². The summed E-state index contributed by atoms with van der Waals surface area (Å²) in [5.41, 5.74) is 5.06. The molecular weight excluding hydrogens is 278 g/mol. The number of hydrogen-bond acceptors (Lipinski definition) is 3. The molecule has 0 fully saturated rings. The SMILES string of the molecule is CCOc1ccc2ncsc2c1-c1ccc(Cl)cc1. The van der Waals surface area contributed by atoms with Crippen LogP contribution in [0.4, 0.5) is 0 Å². The van der Waals surface area contributed by atoms with E-state index in [1.807, 2.05) is 48.8 Å². The number of ether oxygens (including phenoxy) is 1. The van der Waals surface area contributed by atoms with E-state index in [0.29, 0.717) is 6.61 Å². The van der Waals surface area contributed by atoms with E-state index in [9.17, 15) is 0 Å². The minimum absolute atomic E-state index is 0.644. The van der Waals surface area contributed by atoms with Gasteiger partial charge in [0.15, 0.2) is 0 Å². The van der Waals surface area contributed by atoms with Crippen LogP contribution in [0.15, 0.2) is 41.9 Å². The van der Waals surface area contributed by atoms with Gasteiger partial charge in [-0.1, -0.05) is 23.7 Å². The van der Waals surface area contributed by atoms with E-state index >= 15 is 0 Å². The molecule has 0 amide bonds. The maximum atomic E-state index is 5.96. The molecule has 0 aliphatic carbocycles. The van der Waals surface area contributed by atoms with Crippen LogP contribution in [0.2, 0.25) is 5.02 Å². The van der Waals surface area contributed by atoms with Gasteiger partial charge in [-0.3, -0.25) is 0 Å². The second-order valence-corrected chi connectivity index (χ2v) is 5.37. The molecule has 2 aromatic carbocycles. The van der Waals surface area contributed by atoms with Gasteiger partial charge in [0.25, 0.3) is 0 Å². The fourth-order valence-electron chi connectivity index (χ4n) is 2.08. The highest BCUT2D eigenvalue weighted by molar-refractivity contribution is 7.17. The Morgan fingerprint density at radius 1 is 1.16 bits per heavy atom. The third-order valence-electron chi connectivity index (χ3n) is 2.89. The zero-order valence-corrected chi connectivity index (χ0v) is 12.0. The number of rotatable bonds is 3. The lowest BCUT2D eigenvalue weighted by Gasteiger charge is -2.11. The smallest absolute Gasteiger partial charge is 0.128 e. The fourth-order valence-corrected chi connectivity index (χ4v) is 3.05. The molecule has 96 valence electrons. The molecule has 3 rings (SSSR count). The quantitative estimate of drug-likeness (QED) is 0.676. The number of aromatic nitrogens is 1. The molecule has 0 aliphatic heterocycles. The first-order chi connectivity index (χ1) is 9.29. The van der Waals surface area contributed by atoms with Gasteiger partial charge in [0.1, 0.15) is 5.75 Å². The summed E-state index contributed by atoms with van der Waals surface area (Å²) in [6.45, 7) is 2.63. The second kappa shape index (κ2) is 5.19. The highest BCUT2D eigenvalue weighted by Crippen LogP contribution is 2.39. The Hall–Kier alpha value is -1.58. The zero-order valence-electron chi connectivity index (χ0n) is 10.4. The highest BCUT2D eigenvalue weighted by atomic mass is 35.5. The molecule has 0 saturated heterocycles. The van der Waals surface area contributed by atoms with Crippen LogP contribution in [0.1, 0.15) is 6.92 Å². The van der Waals surface area contributed by atoms with Crippen molar-refractivity contribution >= 4 is 33.2 Å². The van der Waals surface area contributed by atoms with E-state index in [1.54, 1.807) is 11.3 Å². The Labute approximate surface area is 120 Å². The van der Waals surface area contributed by atoms with Gasteiger partial charge in [-0.25, -0.2) is 4.98 Å². The summed E-state index contributed by atoms with van der Waals surface area (Å²) in [7, 11) is 0. The first-order valence-corrected chi connectivity index (χ1v) is 7.30. The average Bonchev–Trinajstić information content (AvgIpc) is 2.88. The molecular formula is C15H12ClNOS. The minimum Gasteiger partial charge on any atom is -0.493 e. The standard InChI is InChI=1S/C15H12ClNOS/c1-2-18-13-8-7-12-15(19-9-17-12)14(13)10-3-5-11(16)6-4-10/h3-9H,2H2,1H3. The van der Waals surface area contributed by atoms with Crippen LogP contribution >= 0.6 is 22.9 Å². The van der Waals surface area contributed by atoms with Crippen molar-refractivity contribution in [2.45, 2.75) is 6.92 Å². The molecule has 0 radical (unpaired) electrons. The van der Waals surface area contributed by atoms with Crippen molar-refractivity contribution in [3.05, 3.63) is 46.9 Å². The molecule has 1 aromatic heterocycles. The molecule has 0 atom stereocenters. The third-order valence-corrected chi connectivity index (χ3v) is 4.01.